The van der Waals surface area contributed by atoms with Crippen LogP contribution in [0.15, 0.2) is 9.82 Å². The normalized spacial score (nSPS) is 22.6. The minimum absolute atomic E-state index is 0.225. The second-order valence-electron chi connectivity index (χ2n) is 4.98. The molecule has 7 heteroatoms. The SMILES string of the molecule is CSc1nc(=O)[nH]c(C)c1C(=O)NC1CCCCC1O. The molecule has 0 aliphatic heterocycles. The van der Waals surface area contributed by atoms with Gasteiger partial charge in [0.05, 0.1) is 17.7 Å². The Morgan fingerprint density at radius 2 is 2.15 bits per heavy atom. The van der Waals surface area contributed by atoms with Gasteiger partial charge >= 0.3 is 5.69 Å². The molecule has 1 aromatic rings. The summed E-state index contributed by atoms with van der Waals surface area (Å²) in [5.74, 6) is -0.290. The van der Waals surface area contributed by atoms with Crippen LogP contribution in [0.4, 0.5) is 0 Å². The number of aliphatic hydroxyl groups is 1. The fourth-order valence-corrected chi connectivity index (χ4v) is 3.12. The number of amides is 1. The highest BCUT2D eigenvalue weighted by atomic mass is 32.2. The quantitative estimate of drug-likeness (QED) is 0.567. The van der Waals surface area contributed by atoms with Crippen LogP contribution in [0.1, 0.15) is 41.7 Å². The number of aromatic nitrogens is 2. The molecule has 0 aromatic carbocycles. The van der Waals surface area contributed by atoms with Gasteiger partial charge in [0.2, 0.25) is 0 Å². The first-order valence-electron chi connectivity index (χ1n) is 6.66. The van der Waals surface area contributed by atoms with Crippen molar-refractivity contribution in [1.82, 2.24) is 15.3 Å². The van der Waals surface area contributed by atoms with Crippen LogP contribution in [0.5, 0.6) is 0 Å². The largest absolute Gasteiger partial charge is 0.391 e. The Labute approximate surface area is 121 Å². The van der Waals surface area contributed by atoms with E-state index < -0.39 is 11.8 Å². The molecule has 1 heterocycles. The van der Waals surface area contributed by atoms with E-state index in [2.05, 4.69) is 15.3 Å². The first-order valence-corrected chi connectivity index (χ1v) is 7.89. The van der Waals surface area contributed by atoms with Crippen LogP contribution in [0.25, 0.3) is 0 Å². The van der Waals surface area contributed by atoms with Crippen molar-refractivity contribution >= 4 is 17.7 Å². The molecule has 1 amide bonds. The number of nitrogens with zero attached hydrogens (tertiary/aromatic N) is 1. The van der Waals surface area contributed by atoms with E-state index in [1.54, 1.807) is 13.2 Å². The summed E-state index contributed by atoms with van der Waals surface area (Å²) in [6, 6.07) is -0.225. The summed E-state index contributed by atoms with van der Waals surface area (Å²) in [4.78, 5) is 30.1. The molecule has 20 heavy (non-hydrogen) atoms. The zero-order valence-electron chi connectivity index (χ0n) is 11.6. The van der Waals surface area contributed by atoms with Gasteiger partial charge in [-0.05, 0) is 26.0 Å². The molecule has 1 aliphatic rings. The number of thioether (sulfide) groups is 1. The average Bonchev–Trinajstić information content (AvgIpc) is 2.40. The van der Waals surface area contributed by atoms with E-state index in [1.807, 2.05) is 0 Å². The summed E-state index contributed by atoms with van der Waals surface area (Å²) >= 11 is 1.26. The van der Waals surface area contributed by atoms with Crippen molar-refractivity contribution in [3.05, 3.63) is 21.7 Å². The summed E-state index contributed by atoms with van der Waals surface area (Å²) in [6.07, 6.45) is 4.75. The molecule has 1 saturated carbocycles. The Morgan fingerprint density at radius 3 is 2.80 bits per heavy atom. The number of rotatable bonds is 3. The molecule has 0 spiro atoms. The lowest BCUT2D eigenvalue weighted by molar-refractivity contribution is 0.0713. The number of H-pyrrole nitrogens is 1. The second-order valence-corrected chi connectivity index (χ2v) is 5.78. The van der Waals surface area contributed by atoms with Crippen LogP contribution in [0.3, 0.4) is 0 Å². The molecule has 2 rings (SSSR count). The van der Waals surface area contributed by atoms with Crippen LogP contribution in [-0.2, 0) is 0 Å². The minimum atomic E-state index is -0.499. The lowest BCUT2D eigenvalue weighted by Crippen LogP contribution is -2.45. The fraction of sp³-hybridized carbons (Fsp3) is 0.615. The highest BCUT2D eigenvalue weighted by molar-refractivity contribution is 7.98. The molecule has 0 bridgehead atoms. The summed E-state index contributed by atoms with van der Waals surface area (Å²) in [7, 11) is 0. The second kappa shape index (κ2) is 6.41. The van der Waals surface area contributed by atoms with Gasteiger partial charge < -0.3 is 15.4 Å². The molecule has 1 aromatic heterocycles. The van der Waals surface area contributed by atoms with Crippen LogP contribution >= 0.6 is 11.8 Å². The molecule has 2 unspecified atom stereocenters. The maximum atomic E-state index is 12.4. The maximum absolute atomic E-state index is 12.4. The van der Waals surface area contributed by atoms with Crippen molar-refractivity contribution in [3.8, 4) is 0 Å². The van der Waals surface area contributed by atoms with E-state index in [4.69, 9.17) is 0 Å². The predicted molar refractivity (Wildman–Crippen MR) is 77.1 cm³/mol. The van der Waals surface area contributed by atoms with Crippen molar-refractivity contribution in [1.29, 1.82) is 0 Å². The molecule has 110 valence electrons. The summed E-state index contributed by atoms with van der Waals surface area (Å²) in [5, 5.41) is 13.2. The van der Waals surface area contributed by atoms with Crippen LogP contribution in [0.2, 0.25) is 0 Å². The predicted octanol–water partition coefficient (Wildman–Crippen LogP) is 0.834. The standard InChI is InChI=1S/C13H19N3O3S/c1-7-10(12(20-2)16-13(19)14-7)11(18)15-8-5-3-4-6-9(8)17/h8-9,17H,3-6H2,1-2H3,(H,15,18)(H,14,16,19). The van der Waals surface area contributed by atoms with Gasteiger partial charge in [-0.2, -0.15) is 4.98 Å². The van der Waals surface area contributed by atoms with E-state index in [0.717, 1.165) is 19.3 Å². The van der Waals surface area contributed by atoms with Gasteiger partial charge in [0.15, 0.2) is 0 Å². The molecule has 0 saturated heterocycles. The lowest BCUT2D eigenvalue weighted by Gasteiger charge is -2.28. The van der Waals surface area contributed by atoms with Gasteiger partial charge in [-0.1, -0.05) is 12.8 Å². The number of carbonyl (C=O) groups is 1. The van der Waals surface area contributed by atoms with Gasteiger partial charge in [-0.15, -0.1) is 11.8 Å². The van der Waals surface area contributed by atoms with E-state index in [1.165, 1.54) is 11.8 Å². The molecule has 0 radical (unpaired) electrons. The monoisotopic (exact) mass is 297 g/mol. The van der Waals surface area contributed by atoms with Crippen molar-refractivity contribution in [2.24, 2.45) is 0 Å². The first kappa shape index (κ1) is 15.1. The van der Waals surface area contributed by atoms with Crippen LogP contribution in [-0.4, -0.2) is 39.4 Å². The number of aliphatic hydroxyl groups excluding tert-OH is 1. The summed E-state index contributed by atoms with van der Waals surface area (Å²) < 4.78 is 0. The Kier molecular flexibility index (Phi) is 4.82. The van der Waals surface area contributed by atoms with Gasteiger partial charge in [0, 0.05) is 5.69 Å². The third kappa shape index (κ3) is 3.21. The van der Waals surface area contributed by atoms with Crippen LogP contribution < -0.4 is 11.0 Å². The number of hydrogen-bond acceptors (Lipinski definition) is 5. The van der Waals surface area contributed by atoms with Crippen molar-refractivity contribution < 1.29 is 9.90 Å². The maximum Gasteiger partial charge on any atom is 0.346 e. The van der Waals surface area contributed by atoms with Crippen LogP contribution in [0, 0.1) is 6.92 Å². The average molecular weight is 297 g/mol. The fourth-order valence-electron chi connectivity index (χ4n) is 2.49. The van der Waals surface area contributed by atoms with E-state index in [0.29, 0.717) is 22.7 Å². The Balaban J connectivity index is 2.22. The first-order chi connectivity index (χ1) is 9.52. The van der Waals surface area contributed by atoms with E-state index >= 15 is 0 Å². The molecule has 1 aliphatic carbocycles. The molecule has 1 fully saturated rings. The highest BCUT2D eigenvalue weighted by Crippen LogP contribution is 2.21. The lowest BCUT2D eigenvalue weighted by atomic mass is 9.92. The molecule has 2 atom stereocenters. The Hall–Kier alpha value is -1.34. The number of nitrogens with one attached hydrogen (secondary N) is 2. The highest BCUT2D eigenvalue weighted by Gasteiger charge is 2.26. The van der Waals surface area contributed by atoms with E-state index in [9.17, 15) is 14.7 Å². The molecular weight excluding hydrogens is 278 g/mol. The Bertz CT molecular complexity index is 558. The smallest absolute Gasteiger partial charge is 0.346 e. The third-order valence-electron chi connectivity index (χ3n) is 3.55. The summed E-state index contributed by atoms with van der Waals surface area (Å²) in [5.41, 5.74) is 0.424. The van der Waals surface area contributed by atoms with Gasteiger partial charge in [0.1, 0.15) is 5.03 Å². The van der Waals surface area contributed by atoms with Gasteiger partial charge in [-0.3, -0.25) is 4.79 Å². The molecular formula is C13H19N3O3S. The number of carbonyl (C=O) groups excluding carboxylic acids is 1. The van der Waals surface area contributed by atoms with Crippen molar-refractivity contribution in [3.63, 3.8) is 0 Å². The van der Waals surface area contributed by atoms with Gasteiger partial charge in [0.25, 0.3) is 5.91 Å². The number of aromatic amines is 1. The zero-order chi connectivity index (χ0) is 14.7. The topological polar surface area (TPSA) is 95.1 Å². The van der Waals surface area contributed by atoms with Crippen molar-refractivity contribution in [2.45, 2.75) is 49.8 Å². The third-order valence-corrected chi connectivity index (χ3v) is 4.23. The van der Waals surface area contributed by atoms with E-state index in [-0.39, 0.29) is 11.9 Å². The zero-order valence-corrected chi connectivity index (χ0v) is 12.4. The Morgan fingerprint density at radius 1 is 1.45 bits per heavy atom. The molecule has 6 nitrogen and oxygen atoms in total. The molecule has 3 N–H and O–H groups in total. The van der Waals surface area contributed by atoms with Gasteiger partial charge in [-0.25, -0.2) is 4.79 Å². The summed E-state index contributed by atoms with van der Waals surface area (Å²) in [6.45, 7) is 1.68. The minimum Gasteiger partial charge on any atom is -0.391 e. The van der Waals surface area contributed by atoms with Crippen molar-refractivity contribution in [2.75, 3.05) is 6.26 Å². The number of hydrogen-bond donors (Lipinski definition) is 3. The number of aryl methyl sites for hydroxylation is 1.